The molecule has 106 valence electrons. The lowest BCUT2D eigenvalue weighted by Gasteiger charge is -2.26. The van der Waals surface area contributed by atoms with Crippen LogP contribution in [-0.4, -0.2) is 21.8 Å². The second-order valence-corrected chi connectivity index (χ2v) is 5.96. The number of thiazole rings is 1. The fourth-order valence-corrected chi connectivity index (χ4v) is 2.81. The van der Waals surface area contributed by atoms with Crippen molar-refractivity contribution in [3.63, 3.8) is 0 Å². The molecule has 0 aliphatic rings. The molecule has 1 N–H and O–H groups in total. The van der Waals surface area contributed by atoms with Crippen LogP contribution < -0.4 is 4.87 Å². The topological polar surface area (TPSA) is 53.2 Å². The summed E-state index contributed by atoms with van der Waals surface area (Å²) in [4.78, 5) is 28.7. The summed E-state index contributed by atoms with van der Waals surface area (Å²) in [5, 5.41) is 0. The largest absolute Gasteiger partial charge is 0.331 e. The minimum absolute atomic E-state index is 0.0688. The van der Waals surface area contributed by atoms with Crippen LogP contribution in [0.2, 0.25) is 0 Å². The third-order valence-corrected chi connectivity index (χ3v) is 4.07. The molecule has 0 aliphatic heterocycles. The highest BCUT2D eigenvalue weighted by molar-refractivity contribution is 7.11. The van der Waals surface area contributed by atoms with E-state index in [1.54, 1.807) is 11.8 Å². The van der Waals surface area contributed by atoms with Crippen molar-refractivity contribution in [3.05, 3.63) is 56.1 Å². The Morgan fingerprint density at radius 1 is 1.30 bits per heavy atom. The van der Waals surface area contributed by atoms with E-state index in [2.05, 4.69) is 4.98 Å². The second-order valence-electron chi connectivity index (χ2n) is 4.98. The molecule has 0 spiro atoms. The Kier molecular flexibility index (Phi) is 4.39. The number of rotatable bonds is 4. The average Bonchev–Trinajstić information content (AvgIpc) is 2.75. The molecule has 0 saturated heterocycles. The smallest absolute Gasteiger partial charge is 0.305 e. The van der Waals surface area contributed by atoms with Crippen molar-refractivity contribution < 1.29 is 4.79 Å². The first-order valence-corrected chi connectivity index (χ1v) is 7.35. The Bertz CT molecular complexity index is 643. The molecular weight excluding hydrogens is 272 g/mol. The van der Waals surface area contributed by atoms with Crippen LogP contribution in [0.3, 0.4) is 0 Å². The second kappa shape index (κ2) is 6.05. The van der Waals surface area contributed by atoms with E-state index in [9.17, 15) is 9.59 Å². The Hall–Kier alpha value is -1.88. The van der Waals surface area contributed by atoms with Crippen LogP contribution >= 0.6 is 11.3 Å². The van der Waals surface area contributed by atoms with E-state index in [-0.39, 0.29) is 16.8 Å². The first kappa shape index (κ1) is 14.5. The highest BCUT2D eigenvalue weighted by atomic mass is 32.1. The molecule has 1 aromatic carbocycles. The number of H-pyrrole nitrogens is 1. The molecule has 1 heterocycles. The van der Waals surface area contributed by atoms with E-state index in [1.165, 1.54) is 0 Å². The summed E-state index contributed by atoms with van der Waals surface area (Å²) in [6.07, 6.45) is 0. The van der Waals surface area contributed by atoms with Crippen LogP contribution in [0.15, 0.2) is 35.1 Å². The van der Waals surface area contributed by atoms with Crippen molar-refractivity contribution in [1.29, 1.82) is 0 Å². The SMILES string of the molecule is Cc1[nH]c(=O)sc1C(=O)N(Cc1ccccc1)C(C)C. The fourth-order valence-electron chi connectivity index (χ4n) is 2.01. The first-order valence-electron chi connectivity index (χ1n) is 6.53. The Balaban J connectivity index is 2.27. The minimum Gasteiger partial charge on any atom is -0.331 e. The van der Waals surface area contributed by atoms with Crippen molar-refractivity contribution in [2.24, 2.45) is 0 Å². The number of amides is 1. The number of aromatic nitrogens is 1. The van der Waals surface area contributed by atoms with Crippen molar-refractivity contribution >= 4 is 17.2 Å². The van der Waals surface area contributed by atoms with Crippen molar-refractivity contribution in [2.75, 3.05) is 0 Å². The number of nitrogens with zero attached hydrogens (tertiary/aromatic N) is 1. The quantitative estimate of drug-likeness (QED) is 0.941. The van der Waals surface area contributed by atoms with Crippen LogP contribution in [-0.2, 0) is 6.54 Å². The maximum atomic E-state index is 12.6. The summed E-state index contributed by atoms with van der Waals surface area (Å²) in [5.74, 6) is -0.0929. The molecule has 0 aliphatic carbocycles. The van der Waals surface area contributed by atoms with Gasteiger partial charge >= 0.3 is 4.87 Å². The van der Waals surface area contributed by atoms with E-state index >= 15 is 0 Å². The Morgan fingerprint density at radius 2 is 1.95 bits per heavy atom. The lowest BCUT2D eigenvalue weighted by molar-refractivity contribution is 0.0694. The molecule has 0 saturated carbocycles. The zero-order valence-corrected chi connectivity index (χ0v) is 12.7. The molecule has 1 amide bonds. The molecule has 0 atom stereocenters. The number of carbonyl (C=O) groups excluding carboxylic acids is 1. The van der Waals surface area contributed by atoms with Crippen molar-refractivity contribution in [1.82, 2.24) is 9.88 Å². The highest BCUT2D eigenvalue weighted by Crippen LogP contribution is 2.16. The van der Waals surface area contributed by atoms with Gasteiger partial charge < -0.3 is 9.88 Å². The van der Waals surface area contributed by atoms with E-state index in [1.807, 2.05) is 44.2 Å². The van der Waals surface area contributed by atoms with Crippen molar-refractivity contribution in [2.45, 2.75) is 33.4 Å². The van der Waals surface area contributed by atoms with Crippen LogP contribution in [0.25, 0.3) is 0 Å². The van der Waals surface area contributed by atoms with Gasteiger partial charge in [-0.2, -0.15) is 0 Å². The molecular formula is C15H18N2O2S. The van der Waals surface area contributed by atoms with Gasteiger partial charge in [0.2, 0.25) is 0 Å². The van der Waals surface area contributed by atoms with Gasteiger partial charge in [-0.3, -0.25) is 9.59 Å². The van der Waals surface area contributed by atoms with E-state index < -0.39 is 0 Å². The van der Waals surface area contributed by atoms with Crippen LogP contribution in [0.1, 0.15) is 34.8 Å². The van der Waals surface area contributed by atoms with Gasteiger partial charge in [-0.1, -0.05) is 41.7 Å². The molecule has 5 heteroatoms. The predicted octanol–water partition coefficient (Wildman–Crippen LogP) is 2.80. The maximum absolute atomic E-state index is 12.6. The Morgan fingerprint density at radius 3 is 2.45 bits per heavy atom. The van der Waals surface area contributed by atoms with Gasteiger partial charge in [0.25, 0.3) is 5.91 Å². The minimum atomic E-state index is -0.186. The lowest BCUT2D eigenvalue weighted by Crippen LogP contribution is -2.36. The van der Waals surface area contributed by atoms with Gasteiger partial charge in [-0.05, 0) is 26.3 Å². The molecule has 2 aromatic rings. The molecule has 20 heavy (non-hydrogen) atoms. The first-order chi connectivity index (χ1) is 9.49. The molecule has 0 radical (unpaired) electrons. The van der Waals surface area contributed by atoms with Gasteiger partial charge in [-0.15, -0.1) is 0 Å². The third kappa shape index (κ3) is 3.17. The highest BCUT2D eigenvalue weighted by Gasteiger charge is 2.22. The van der Waals surface area contributed by atoms with Crippen molar-refractivity contribution in [3.8, 4) is 0 Å². The summed E-state index contributed by atoms with van der Waals surface area (Å²) < 4.78 is 0. The molecule has 4 nitrogen and oxygen atoms in total. The van der Waals surface area contributed by atoms with E-state index in [0.29, 0.717) is 17.1 Å². The maximum Gasteiger partial charge on any atom is 0.305 e. The number of nitrogens with one attached hydrogen (secondary N) is 1. The molecule has 0 bridgehead atoms. The summed E-state index contributed by atoms with van der Waals surface area (Å²) in [6, 6.07) is 9.92. The summed E-state index contributed by atoms with van der Waals surface area (Å²) >= 11 is 0.976. The molecule has 0 unspecified atom stereocenters. The van der Waals surface area contributed by atoms with Crippen LogP contribution in [0.4, 0.5) is 0 Å². The summed E-state index contributed by atoms with van der Waals surface area (Å²) in [5.41, 5.74) is 1.72. The normalized spacial score (nSPS) is 10.8. The zero-order chi connectivity index (χ0) is 14.7. The number of hydrogen-bond donors (Lipinski definition) is 1. The standard InChI is InChI=1S/C15H18N2O2S/c1-10(2)17(9-12-7-5-4-6-8-12)14(18)13-11(3)16-15(19)20-13/h4-8,10H,9H2,1-3H3,(H,16,19). The average molecular weight is 290 g/mol. The molecule has 0 fully saturated rings. The molecule has 1 aromatic heterocycles. The number of aryl methyl sites for hydroxylation is 1. The van der Waals surface area contributed by atoms with E-state index in [0.717, 1.165) is 16.9 Å². The summed E-state index contributed by atoms with van der Waals surface area (Å²) in [6.45, 7) is 6.26. The number of benzene rings is 1. The number of carbonyl (C=O) groups is 1. The number of aromatic amines is 1. The van der Waals surface area contributed by atoms with E-state index in [4.69, 9.17) is 0 Å². The van der Waals surface area contributed by atoms with Gasteiger partial charge in [0, 0.05) is 18.3 Å². The Labute approximate surface area is 122 Å². The number of hydrogen-bond acceptors (Lipinski definition) is 3. The fraction of sp³-hybridized carbons (Fsp3) is 0.333. The van der Waals surface area contributed by atoms with Gasteiger partial charge in [-0.25, -0.2) is 0 Å². The van der Waals surface area contributed by atoms with Gasteiger partial charge in [0.1, 0.15) is 4.88 Å². The molecule has 2 rings (SSSR count). The predicted molar refractivity (Wildman–Crippen MR) is 81.1 cm³/mol. The van der Waals surface area contributed by atoms with Gasteiger partial charge in [0.15, 0.2) is 0 Å². The van der Waals surface area contributed by atoms with Crippen LogP contribution in [0, 0.1) is 6.92 Å². The zero-order valence-electron chi connectivity index (χ0n) is 11.8. The lowest BCUT2D eigenvalue weighted by atomic mass is 10.2. The van der Waals surface area contributed by atoms with Crippen LogP contribution in [0.5, 0.6) is 0 Å². The van der Waals surface area contributed by atoms with Gasteiger partial charge in [0.05, 0.1) is 0 Å². The monoisotopic (exact) mass is 290 g/mol. The summed E-state index contributed by atoms with van der Waals surface area (Å²) in [7, 11) is 0. The third-order valence-electron chi connectivity index (χ3n) is 3.10.